The number of ether oxygens (including phenoxy) is 2. The van der Waals surface area contributed by atoms with Crippen molar-refractivity contribution in [1.82, 2.24) is 15.1 Å². The first-order valence-corrected chi connectivity index (χ1v) is 14.9. The van der Waals surface area contributed by atoms with Crippen LogP contribution >= 0.6 is 0 Å². The number of carbonyl (C=O) groups excluding carboxylic acids is 2. The molecule has 2 amide bonds. The van der Waals surface area contributed by atoms with E-state index >= 15 is 0 Å². The van der Waals surface area contributed by atoms with E-state index in [1.807, 2.05) is 11.0 Å². The van der Waals surface area contributed by atoms with Crippen molar-refractivity contribution in [3.8, 4) is 0 Å². The van der Waals surface area contributed by atoms with Gasteiger partial charge in [0.05, 0.1) is 38.3 Å². The van der Waals surface area contributed by atoms with Crippen molar-refractivity contribution >= 4 is 23.6 Å². The van der Waals surface area contributed by atoms with E-state index in [9.17, 15) is 9.59 Å². The molecular weight excluding hydrogens is 502 g/mol. The van der Waals surface area contributed by atoms with Gasteiger partial charge in [-0.2, -0.15) is 0 Å². The monoisotopic (exact) mass is 545 g/mol. The lowest BCUT2D eigenvalue weighted by atomic mass is 9.71. The highest BCUT2D eigenvalue weighted by Gasteiger charge is 2.55. The van der Waals surface area contributed by atoms with Crippen LogP contribution in [0.4, 0.5) is 4.79 Å². The molecule has 2 aliphatic heterocycles. The van der Waals surface area contributed by atoms with Crippen molar-refractivity contribution in [2.75, 3.05) is 46.5 Å². The van der Waals surface area contributed by atoms with Gasteiger partial charge in [-0.3, -0.25) is 14.6 Å². The van der Waals surface area contributed by atoms with Crippen molar-refractivity contribution in [3.63, 3.8) is 0 Å². The second-order valence-corrected chi connectivity index (χ2v) is 11.3. The summed E-state index contributed by atoms with van der Waals surface area (Å²) in [5.41, 5.74) is 6.03. The van der Waals surface area contributed by atoms with Gasteiger partial charge in [0, 0.05) is 26.2 Å². The van der Waals surface area contributed by atoms with Gasteiger partial charge in [0.25, 0.3) is 0 Å². The van der Waals surface area contributed by atoms with Crippen molar-refractivity contribution in [2.24, 2.45) is 0 Å². The first-order chi connectivity index (χ1) is 19.5. The molecule has 0 bridgehead atoms. The Balaban J connectivity index is 1.52. The lowest BCUT2D eigenvalue weighted by molar-refractivity contribution is -0.122. The molecule has 2 aromatic carbocycles. The SMILES string of the molecule is CCCCCCC12C(=Cc3cc(C)ccc31)c1ccccc1C(CC(=O)NCCN1CCOCC1)N2C(=O)OC. The lowest BCUT2D eigenvalue weighted by Crippen LogP contribution is -2.54. The molecular formula is C33H43N3O4. The number of amides is 2. The average molecular weight is 546 g/mol. The zero-order chi connectivity index (χ0) is 28.1. The first-order valence-electron chi connectivity index (χ1n) is 14.9. The Hall–Kier alpha value is -3.16. The molecule has 214 valence electrons. The zero-order valence-corrected chi connectivity index (χ0v) is 24.2. The maximum absolute atomic E-state index is 13.8. The fourth-order valence-corrected chi connectivity index (χ4v) is 6.80. The number of fused-ring (bicyclic) bond motifs is 5. The highest BCUT2D eigenvalue weighted by molar-refractivity contribution is 5.99. The second-order valence-electron chi connectivity index (χ2n) is 11.3. The van der Waals surface area contributed by atoms with E-state index in [1.54, 1.807) is 0 Å². The third-order valence-corrected chi connectivity index (χ3v) is 8.73. The standard InChI is InChI=1S/C33H43N3O4/c1-4-5-6-9-14-33-28-13-12-24(2)21-25(28)22-29(33)26-10-7-8-11-27(26)30(36(33)32(38)39-3)23-31(37)34-15-16-35-17-19-40-20-18-35/h7-8,10-13,21-22,30H,4-6,9,14-20,23H2,1-3H3,(H,34,37). The molecule has 2 heterocycles. The Morgan fingerprint density at radius 3 is 2.67 bits per heavy atom. The minimum absolute atomic E-state index is 0.0577. The summed E-state index contributed by atoms with van der Waals surface area (Å²) in [5.74, 6) is -0.0577. The zero-order valence-electron chi connectivity index (χ0n) is 24.2. The Kier molecular flexibility index (Phi) is 8.91. The highest BCUT2D eigenvalue weighted by atomic mass is 16.5. The van der Waals surface area contributed by atoms with Gasteiger partial charge in [-0.15, -0.1) is 0 Å². The number of morpholine rings is 1. The van der Waals surface area contributed by atoms with Crippen LogP contribution < -0.4 is 5.32 Å². The number of benzene rings is 2. The predicted molar refractivity (Wildman–Crippen MR) is 158 cm³/mol. The van der Waals surface area contributed by atoms with Gasteiger partial charge in [-0.1, -0.05) is 80.6 Å². The van der Waals surface area contributed by atoms with E-state index in [4.69, 9.17) is 9.47 Å². The van der Waals surface area contributed by atoms with E-state index in [2.05, 4.69) is 66.5 Å². The number of methoxy groups -OCH3 is 1. The first kappa shape index (κ1) is 28.4. The van der Waals surface area contributed by atoms with E-state index in [-0.39, 0.29) is 12.3 Å². The van der Waals surface area contributed by atoms with Gasteiger partial charge >= 0.3 is 6.09 Å². The van der Waals surface area contributed by atoms with Crippen molar-refractivity contribution in [1.29, 1.82) is 0 Å². The van der Waals surface area contributed by atoms with Crippen LogP contribution in [0.5, 0.6) is 0 Å². The maximum Gasteiger partial charge on any atom is 0.411 e. The molecule has 7 nitrogen and oxygen atoms in total. The highest BCUT2D eigenvalue weighted by Crippen LogP contribution is 2.59. The number of hydrogen-bond donors (Lipinski definition) is 1. The van der Waals surface area contributed by atoms with Gasteiger partial charge in [0.2, 0.25) is 5.91 Å². The molecule has 1 N–H and O–H groups in total. The van der Waals surface area contributed by atoms with Crippen molar-refractivity contribution in [3.05, 3.63) is 70.3 Å². The van der Waals surface area contributed by atoms with Crippen LogP contribution in [0.2, 0.25) is 0 Å². The Bertz CT molecular complexity index is 1250. The van der Waals surface area contributed by atoms with Crippen LogP contribution in [0.1, 0.15) is 79.3 Å². The third kappa shape index (κ3) is 5.41. The van der Waals surface area contributed by atoms with Crippen molar-refractivity contribution in [2.45, 2.75) is 64.0 Å². The number of rotatable bonds is 10. The number of carbonyl (C=O) groups is 2. The Labute approximate surface area is 238 Å². The fraction of sp³-hybridized carbons (Fsp3) is 0.515. The van der Waals surface area contributed by atoms with Crippen LogP contribution in [-0.2, 0) is 19.8 Å². The molecule has 2 aromatic rings. The van der Waals surface area contributed by atoms with Gasteiger partial charge < -0.3 is 14.8 Å². The number of nitrogens with one attached hydrogen (secondary N) is 1. The number of aryl methyl sites for hydroxylation is 1. The lowest BCUT2D eigenvalue weighted by Gasteiger charge is -2.51. The maximum atomic E-state index is 13.8. The minimum Gasteiger partial charge on any atom is -0.453 e. The molecule has 5 rings (SSSR count). The summed E-state index contributed by atoms with van der Waals surface area (Å²) in [6.45, 7) is 8.91. The smallest absolute Gasteiger partial charge is 0.411 e. The van der Waals surface area contributed by atoms with E-state index in [0.29, 0.717) is 6.54 Å². The van der Waals surface area contributed by atoms with Crippen LogP contribution in [0.25, 0.3) is 11.6 Å². The summed E-state index contributed by atoms with van der Waals surface area (Å²) in [5, 5.41) is 3.13. The molecule has 3 aliphatic rings. The molecule has 0 radical (unpaired) electrons. The van der Waals surface area contributed by atoms with Gasteiger partial charge in [-0.05, 0) is 47.2 Å². The van der Waals surface area contributed by atoms with E-state index < -0.39 is 17.7 Å². The van der Waals surface area contributed by atoms with Crippen LogP contribution in [0.3, 0.4) is 0 Å². The number of nitrogens with zero attached hydrogens (tertiary/aromatic N) is 2. The van der Waals surface area contributed by atoms with E-state index in [0.717, 1.165) is 92.8 Å². The number of unbranched alkanes of at least 4 members (excludes halogenated alkanes) is 3. The Morgan fingerprint density at radius 2 is 1.90 bits per heavy atom. The summed E-state index contributed by atoms with van der Waals surface area (Å²) >= 11 is 0. The molecule has 1 fully saturated rings. The summed E-state index contributed by atoms with van der Waals surface area (Å²) in [6.07, 6.45) is 7.20. The average Bonchev–Trinajstić information content (AvgIpc) is 3.29. The van der Waals surface area contributed by atoms with Crippen LogP contribution in [0.15, 0.2) is 42.5 Å². The molecule has 7 heteroatoms. The molecule has 0 saturated carbocycles. The molecule has 40 heavy (non-hydrogen) atoms. The van der Waals surface area contributed by atoms with Crippen molar-refractivity contribution < 1.29 is 19.1 Å². The molecule has 2 atom stereocenters. The van der Waals surface area contributed by atoms with Crippen LogP contribution in [0, 0.1) is 6.92 Å². The quantitative estimate of drug-likeness (QED) is 0.389. The molecule has 0 spiro atoms. The topological polar surface area (TPSA) is 71.1 Å². The third-order valence-electron chi connectivity index (χ3n) is 8.73. The van der Waals surface area contributed by atoms with Crippen LogP contribution in [-0.4, -0.2) is 68.3 Å². The summed E-state index contributed by atoms with van der Waals surface area (Å²) in [7, 11) is 1.45. The molecule has 0 aromatic heterocycles. The Morgan fingerprint density at radius 1 is 1.10 bits per heavy atom. The molecule has 1 saturated heterocycles. The largest absolute Gasteiger partial charge is 0.453 e. The van der Waals surface area contributed by atoms with Gasteiger partial charge in [0.15, 0.2) is 0 Å². The number of hydrogen-bond acceptors (Lipinski definition) is 5. The van der Waals surface area contributed by atoms with E-state index in [1.165, 1.54) is 12.7 Å². The summed E-state index contributed by atoms with van der Waals surface area (Å²) < 4.78 is 10.9. The van der Waals surface area contributed by atoms with Gasteiger partial charge in [-0.25, -0.2) is 4.79 Å². The van der Waals surface area contributed by atoms with Gasteiger partial charge in [0.1, 0.15) is 0 Å². The minimum atomic E-state index is -0.684. The second kappa shape index (κ2) is 12.6. The normalized spacial score (nSPS) is 21.7. The molecule has 2 unspecified atom stereocenters. The summed E-state index contributed by atoms with van der Waals surface area (Å²) in [4.78, 5) is 31.5. The fourth-order valence-electron chi connectivity index (χ4n) is 6.80. The molecule has 1 aliphatic carbocycles. The summed E-state index contributed by atoms with van der Waals surface area (Å²) in [6, 6.07) is 14.3. The predicted octanol–water partition coefficient (Wildman–Crippen LogP) is 5.68.